The van der Waals surface area contributed by atoms with Gasteiger partial charge in [-0.15, -0.1) is 11.3 Å². The Morgan fingerprint density at radius 1 is 1.43 bits per heavy atom. The fraction of sp³-hybridized carbons (Fsp3) is 0.600. The molecular formula is C15H21N3O2S. The minimum absolute atomic E-state index is 0.00111. The number of likely N-dealkylation sites (tertiary alicyclic amines) is 1. The van der Waals surface area contributed by atoms with Crippen LogP contribution in [0.15, 0.2) is 17.5 Å². The number of nitrogens with zero attached hydrogens (tertiary/aromatic N) is 2. The molecule has 0 saturated carbocycles. The molecule has 114 valence electrons. The van der Waals surface area contributed by atoms with Crippen molar-refractivity contribution in [2.24, 2.45) is 0 Å². The van der Waals surface area contributed by atoms with Crippen molar-refractivity contribution in [2.75, 3.05) is 26.7 Å². The van der Waals surface area contributed by atoms with Crippen LogP contribution in [0.4, 0.5) is 0 Å². The van der Waals surface area contributed by atoms with Crippen LogP contribution in [0.3, 0.4) is 0 Å². The Balaban J connectivity index is 1.71. The van der Waals surface area contributed by atoms with Crippen molar-refractivity contribution >= 4 is 23.2 Å². The van der Waals surface area contributed by atoms with E-state index in [1.165, 1.54) is 11.3 Å². The number of hydrogen-bond donors (Lipinski definition) is 1. The molecule has 3 heterocycles. The van der Waals surface area contributed by atoms with Gasteiger partial charge in [0.05, 0.1) is 4.88 Å². The molecule has 0 bridgehead atoms. The number of rotatable bonds is 3. The molecule has 2 aliphatic heterocycles. The van der Waals surface area contributed by atoms with Crippen molar-refractivity contribution in [1.29, 1.82) is 0 Å². The second-order valence-corrected chi connectivity index (χ2v) is 6.68. The SMILES string of the molecule is CN(C(=O)C1CCCN1C(=O)c1cccs1)C1CCNC1. The van der Waals surface area contributed by atoms with Crippen molar-refractivity contribution < 1.29 is 9.59 Å². The first kappa shape index (κ1) is 14.5. The van der Waals surface area contributed by atoms with E-state index in [1.54, 1.807) is 4.90 Å². The van der Waals surface area contributed by atoms with Crippen LogP contribution in [0.5, 0.6) is 0 Å². The zero-order chi connectivity index (χ0) is 14.8. The van der Waals surface area contributed by atoms with E-state index in [9.17, 15) is 9.59 Å². The number of likely N-dealkylation sites (N-methyl/N-ethyl adjacent to an activating group) is 1. The van der Waals surface area contributed by atoms with Crippen LogP contribution in [0, 0.1) is 0 Å². The highest BCUT2D eigenvalue weighted by atomic mass is 32.1. The quantitative estimate of drug-likeness (QED) is 0.912. The molecular weight excluding hydrogens is 286 g/mol. The van der Waals surface area contributed by atoms with Crippen LogP contribution in [0.1, 0.15) is 28.9 Å². The topological polar surface area (TPSA) is 52.7 Å². The minimum Gasteiger partial charge on any atom is -0.340 e. The van der Waals surface area contributed by atoms with Crippen molar-refractivity contribution in [3.8, 4) is 0 Å². The molecule has 1 aromatic rings. The smallest absolute Gasteiger partial charge is 0.264 e. The highest BCUT2D eigenvalue weighted by Gasteiger charge is 2.38. The van der Waals surface area contributed by atoms with E-state index < -0.39 is 0 Å². The maximum absolute atomic E-state index is 12.7. The molecule has 3 rings (SSSR count). The summed E-state index contributed by atoms with van der Waals surface area (Å²) in [6.45, 7) is 2.50. The van der Waals surface area contributed by atoms with Crippen LogP contribution in [0.2, 0.25) is 0 Å². The molecule has 2 fully saturated rings. The summed E-state index contributed by atoms with van der Waals surface area (Å²) in [7, 11) is 1.87. The molecule has 0 aromatic carbocycles. The van der Waals surface area contributed by atoms with E-state index in [0.29, 0.717) is 6.54 Å². The molecule has 1 aromatic heterocycles. The molecule has 0 radical (unpaired) electrons. The number of hydrogen-bond acceptors (Lipinski definition) is 4. The maximum Gasteiger partial charge on any atom is 0.264 e. The predicted octanol–water partition coefficient (Wildman–Crippen LogP) is 1.17. The zero-order valence-electron chi connectivity index (χ0n) is 12.2. The van der Waals surface area contributed by atoms with Gasteiger partial charge in [-0.05, 0) is 37.3 Å². The Morgan fingerprint density at radius 2 is 2.29 bits per heavy atom. The van der Waals surface area contributed by atoms with Crippen molar-refractivity contribution in [1.82, 2.24) is 15.1 Å². The van der Waals surface area contributed by atoms with Crippen LogP contribution in [-0.2, 0) is 4.79 Å². The third kappa shape index (κ3) is 2.82. The lowest BCUT2D eigenvalue weighted by Crippen LogP contribution is -2.50. The fourth-order valence-corrected chi connectivity index (χ4v) is 3.87. The summed E-state index contributed by atoms with van der Waals surface area (Å²) in [5.74, 6) is 0.0879. The summed E-state index contributed by atoms with van der Waals surface area (Å²) >= 11 is 1.44. The first-order valence-electron chi connectivity index (χ1n) is 7.50. The fourth-order valence-electron chi connectivity index (χ4n) is 3.19. The molecule has 2 amide bonds. The van der Waals surface area contributed by atoms with E-state index in [-0.39, 0.29) is 23.9 Å². The predicted molar refractivity (Wildman–Crippen MR) is 82.4 cm³/mol. The molecule has 2 aliphatic rings. The average Bonchev–Trinajstić information content (AvgIpc) is 3.26. The lowest BCUT2D eigenvalue weighted by atomic mass is 10.1. The van der Waals surface area contributed by atoms with Gasteiger partial charge in [-0.1, -0.05) is 6.07 Å². The van der Waals surface area contributed by atoms with Gasteiger partial charge >= 0.3 is 0 Å². The van der Waals surface area contributed by atoms with Crippen LogP contribution >= 0.6 is 11.3 Å². The van der Waals surface area contributed by atoms with Crippen molar-refractivity contribution in [2.45, 2.75) is 31.3 Å². The number of thiophene rings is 1. The lowest BCUT2D eigenvalue weighted by Gasteiger charge is -2.31. The van der Waals surface area contributed by atoms with E-state index in [2.05, 4.69) is 5.32 Å². The number of nitrogens with one attached hydrogen (secondary N) is 1. The largest absolute Gasteiger partial charge is 0.340 e. The Hall–Kier alpha value is -1.40. The van der Waals surface area contributed by atoms with Gasteiger partial charge in [-0.3, -0.25) is 9.59 Å². The summed E-state index contributed by atoms with van der Waals surface area (Å²) in [4.78, 5) is 29.6. The van der Waals surface area contributed by atoms with E-state index in [0.717, 1.165) is 37.2 Å². The number of amides is 2. The lowest BCUT2D eigenvalue weighted by molar-refractivity contribution is -0.135. The second kappa shape index (κ2) is 6.15. The van der Waals surface area contributed by atoms with Gasteiger partial charge in [0.25, 0.3) is 5.91 Å². The van der Waals surface area contributed by atoms with Crippen LogP contribution < -0.4 is 5.32 Å². The first-order valence-corrected chi connectivity index (χ1v) is 8.38. The molecule has 1 N–H and O–H groups in total. The summed E-state index contributed by atoms with van der Waals surface area (Å²) in [6, 6.07) is 3.68. The van der Waals surface area contributed by atoms with Gasteiger partial charge in [0, 0.05) is 26.2 Å². The summed E-state index contributed by atoms with van der Waals surface area (Å²) < 4.78 is 0. The highest BCUT2D eigenvalue weighted by molar-refractivity contribution is 7.12. The Bertz CT molecular complexity index is 511. The molecule has 2 saturated heterocycles. The van der Waals surface area contributed by atoms with Crippen LogP contribution in [0.25, 0.3) is 0 Å². The molecule has 2 unspecified atom stereocenters. The zero-order valence-corrected chi connectivity index (χ0v) is 13.1. The van der Waals surface area contributed by atoms with Gasteiger partial charge in [0.2, 0.25) is 5.91 Å². The number of carbonyl (C=O) groups is 2. The summed E-state index contributed by atoms with van der Waals surface area (Å²) in [5.41, 5.74) is 0. The normalized spacial score (nSPS) is 25.3. The monoisotopic (exact) mass is 307 g/mol. The van der Waals surface area contributed by atoms with Gasteiger partial charge in [-0.25, -0.2) is 0 Å². The van der Waals surface area contributed by atoms with E-state index in [4.69, 9.17) is 0 Å². The van der Waals surface area contributed by atoms with Gasteiger partial charge in [-0.2, -0.15) is 0 Å². The van der Waals surface area contributed by atoms with Gasteiger partial charge in [0.1, 0.15) is 6.04 Å². The summed E-state index contributed by atoms with van der Waals surface area (Å²) in [6.07, 6.45) is 2.68. The summed E-state index contributed by atoms with van der Waals surface area (Å²) in [5, 5.41) is 5.18. The Morgan fingerprint density at radius 3 is 2.95 bits per heavy atom. The van der Waals surface area contributed by atoms with Crippen LogP contribution in [-0.4, -0.2) is 60.4 Å². The van der Waals surface area contributed by atoms with E-state index >= 15 is 0 Å². The minimum atomic E-state index is -0.287. The third-order valence-electron chi connectivity index (χ3n) is 4.46. The molecule has 2 atom stereocenters. The van der Waals surface area contributed by atoms with Crippen molar-refractivity contribution in [3.63, 3.8) is 0 Å². The highest BCUT2D eigenvalue weighted by Crippen LogP contribution is 2.24. The number of carbonyl (C=O) groups excluding carboxylic acids is 2. The molecule has 6 heteroatoms. The maximum atomic E-state index is 12.7. The van der Waals surface area contributed by atoms with Gasteiger partial charge in [0.15, 0.2) is 0 Å². The molecule has 0 spiro atoms. The first-order chi connectivity index (χ1) is 10.2. The standard InChI is InChI=1S/C15H21N3O2S/c1-17(11-6-7-16-10-11)14(19)12-4-2-8-18(12)15(20)13-5-3-9-21-13/h3,5,9,11-12,16H,2,4,6-8,10H2,1H3. The second-order valence-electron chi connectivity index (χ2n) is 5.73. The van der Waals surface area contributed by atoms with Gasteiger partial charge < -0.3 is 15.1 Å². The molecule has 5 nitrogen and oxygen atoms in total. The Kier molecular flexibility index (Phi) is 4.26. The average molecular weight is 307 g/mol. The molecule has 21 heavy (non-hydrogen) atoms. The third-order valence-corrected chi connectivity index (χ3v) is 5.32. The Labute approximate surface area is 128 Å². The molecule has 0 aliphatic carbocycles. The van der Waals surface area contributed by atoms with E-state index in [1.807, 2.05) is 29.5 Å². The van der Waals surface area contributed by atoms with Crippen molar-refractivity contribution in [3.05, 3.63) is 22.4 Å².